The van der Waals surface area contributed by atoms with Crippen LogP contribution in [0.15, 0.2) is 47.4 Å². The fourth-order valence-electron chi connectivity index (χ4n) is 3.35. The summed E-state index contributed by atoms with van der Waals surface area (Å²) in [5.41, 5.74) is 5.71. The van der Waals surface area contributed by atoms with E-state index in [0.29, 0.717) is 0 Å². The Labute approximate surface area is 144 Å². The highest BCUT2D eigenvalue weighted by Crippen LogP contribution is 2.22. The molecule has 1 fully saturated rings. The number of hydrogen-bond acceptors (Lipinski definition) is 2. The number of aryl methyl sites for hydroxylation is 1. The topological polar surface area (TPSA) is 7.68 Å². The highest BCUT2D eigenvalue weighted by atomic mass is 32.2. The Kier molecular flexibility index (Phi) is 5.29. The molecule has 122 valence electrons. The maximum absolute atomic E-state index is 2.56. The summed E-state index contributed by atoms with van der Waals surface area (Å²) in [5, 5.41) is 0. The predicted octanol–water partition coefficient (Wildman–Crippen LogP) is 2.93. The quantitative estimate of drug-likeness (QED) is 0.864. The second kappa shape index (κ2) is 7.41. The largest absolute Gasteiger partial charge is 0.360 e. The fourth-order valence-corrected chi connectivity index (χ4v) is 3.76. The number of benzene rings is 2. The Hall–Kier alpha value is -1.45. The Morgan fingerprint density at radius 3 is 2.35 bits per heavy atom. The van der Waals surface area contributed by atoms with Crippen molar-refractivity contribution in [3.05, 3.63) is 59.2 Å². The summed E-state index contributed by atoms with van der Waals surface area (Å²) >= 11 is 1.81. The van der Waals surface area contributed by atoms with Gasteiger partial charge in [-0.3, -0.25) is 0 Å². The van der Waals surface area contributed by atoms with Crippen molar-refractivity contribution >= 4 is 17.4 Å². The molecule has 0 radical (unpaired) electrons. The van der Waals surface area contributed by atoms with E-state index in [9.17, 15) is 0 Å². The van der Waals surface area contributed by atoms with E-state index in [0.717, 1.165) is 19.6 Å². The van der Waals surface area contributed by atoms with Gasteiger partial charge in [-0.1, -0.05) is 24.3 Å². The maximum Gasteiger partial charge on any atom is 0.103 e. The molecule has 0 bridgehead atoms. The van der Waals surface area contributed by atoms with Gasteiger partial charge < -0.3 is 9.80 Å². The summed E-state index contributed by atoms with van der Waals surface area (Å²) in [6.45, 7) is 10.4. The average Bonchev–Trinajstić information content (AvgIpc) is 2.59. The highest BCUT2D eigenvalue weighted by Gasteiger charge is 2.21. The molecule has 2 nitrogen and oxygen atoms in total. The molecular weight excluding hydrogens is 300 g/mol. The fraction of sp³-hybridized carbons (Fsp3) is 0.400. The Bertz CT molecular complexity index is 643. The summed E-state index contributed by atoms with van der Waals surface area (Å²) in [5.74, 6) is 0. The predicted molar refractivity (Wildman–Crippen MR) is 101 cm³/mol. The van der Waals surface area contributed by atoms with Crippen molar-refractivity contribution in [1.82, 2.24) is 0 Å². The lowest BCUT2D eigenvalue weighted by atomic mass is 10.1. The minimum absolute atomic E-state index is 1.15. The van der Waals surface area contributed by atoms with Crippen LogP contribution in [-0.2, 0) is 6.54 Å². The third kappa shape index (κ3) is 3.91. The van der Waals surface area contributed by atoms with Gasteiger partial charge in [0.2, 0.25) is 0 Å². The molecule has 0 aromatic heterocycles. The van der Waals surface area contributed by atoms with Crippen molar-refractivity contribution in [2.24, 2.45) is 0 Å². The molecular formula is C20H27N2S+. The first-order chi connectivity index (χ1) is 11.2. The minimum atomic E-state index is 1.15. The van der Waals surface area contributed by atoms with E-state index in [4.69, 9.17) is 0 Å². The van der Waals surface area contributed by atoms with Crippen LogP contribution in [0, 0.1) is 13.8 Å². The lowest BCUT2D eigenvalue weighted by molar-refractivity contribution is -0.914. The van der Waals surface area contributed by atoms with Crippen LogP contribution in [0.5, 0.6) is 0 Å². The SMILES string of the molecule is CSc1ccc(C[NH+]2CCN(c3cccc(C)c3C)CC2)cc1. The van der Waals surface area contributed by atoms with E-state index in [1.54, 1.807) is 4.90 Å². The van der Waals surface area contributed by atoms with Crippen molar-refractivity contribution in [3.8, 4) is 0 Å². The van der Waals surface area contributed by atoms with Gasteiger partial charge in [0.05, 0.1) is 26.2 Å². The van der Waals surface area contributed by atoms with E-state index in [-0.39, 0.29) is 0 Å². The number of piperazine rings is 1. The maximum atomic E-state index is 2.56. The molecule has 0 atom stereocenters. The molecule has 3 rings (SSSR count). The van der Waals surface area contributed by atoms with Gasteiger partial charge in [-0.15, -0.1) is 11.8 Å². The molecule has 1 saturated heterocycles. The summed E-state index contributed by atoms with van der Waals surface area (Å²) in [6, 6.07) is 15.7. The summed E-state index contributed by atoms with van der Waals surface area (Å²) in [4.78, 5) is 5.61. The number of anilines is 1. The second-order valence-electron chi connectivity index (χ2n) is 6.48. The zero-order valence-electron chi connectivity index (χ0n) is 14.4. The van der Waals surface area contributed by atoms with Crippen LogP contribution in [0.25, 0.3) is 0 Å². The Morgan fingerprint density at radius 1 is 1.00 bits per heavy atom. The van der Waals surface area contributed by atoms with Gasteiger partial charge in [0.1, 0.15) is 6.54 Å². The molecule has 0 amide bonds. The first-order valence-electron chi connectivity index (χ1n) is 8.45. The van der Waals surface area contributed by atoms with E-state index in [2.05, 4.69) is 67.5 Å². The minimum Gasteiger partial charge on any atom is -0.360 e. The molecule has 0 saturated carbocycles. The molecule has 2 aromatic carbocycles. The molecule has 2 aromatic rings. The summed E-state index contributed by atoms with van der Waals surface area (Å²) in [7, 11) is 0. The van der Waals surface area contributed by atoms with Crippen molar-refractivity contribution < 1.29 is 4.90 Å². The van der Waals surface area contributed by atoms with Gasteiger partial charge in [0.15, 0.2) is 0 Å². The van der Waals surface area contributed by atoms with E-state index in [1.165, 1.54) is 40.4 Å². The average molecular weight is 328 g/mol. The Balaban J connectivity index is 1.58. The van der Waals surface area contributed by atoms with Crippen LogP contribution < -0.4 is 9.80 Å². The number of rotatable bonds is 4. The number of thioether (sulfide) groups is 1. The van der Waals surface area contributed by atoms with Crippen molar-refractivity contribution in [2.45, 2.75) is 25.3 Å². The van der Waals surface area contributed by atoms with Gasteiger partial charge in [0.25, 0.3) is 0 Å². The first-order valence-corrected chi connectivity index (χ1v) is 9.67. The van der Waals surface area contributed by atoms with Crippen molar-refractivity contribution in [2.75, 3.05) is 37.3 Å². The summed E-state index contributed by atoms with van der Waals surface area (Å²) < 4.78 is 0. The first kappa shape index (κ1) is 16.4. The molecule has 0 unspecified atom stereocenters. The molecule has 1 aliphatic heterocycles. The van der Waals surface area contributed by atoms with Crippen molar-refractivity contribution in [3.63, 3.8) is 0 Å². The molecule has 1 heterocycles. The van der Waals surface area contributed by atoms with Gasteiger partial charge >= 0.3 is 0 Å². The number of hydrogen-bond donors (Lipinski definition) is 1. The third-order valence-electron chi connectivity index (χ3n) is 5.00. The smallest absolute Gasteiger partial charge is 0.103 e. The number of nitrogens with zero attached hydrogens (tertiary/aromatic N) is 1. The van der Waals surface area contributed by atoms with Gasteiger partial charge in [0, 0.05) is 16.1 Å². The second-order valence-corrected chi connectivity index (χ2v) is 7.36. The van der Waals surface area contributed by atoms with Crippen LogP contribution in [-0.4, -0.2) is 32.4 Å². The lowest BCUT2D eigenvalue weighted by Crippen LogP contribution is -3.13. The third-order valence-corrected chi connectivity index (χ3v) is 5.74. The van der Waals surface area contributed by atoms with Gasteiger partial charge in [-0.05, 0) is 49.4 Å². The van der Waals surface area contributed by atoms with Crippen LogP contribution in [0.1, 0.15) is 16.7 Å². The van der Waals surface area contributed by atoms with Gasteiger partial charge in [-0.25, -0.2) is 0 Å². The van der Waals surface area contributed by atoms with Crippen LogP contribution >= 0.6 is 11.8 Å². The standard InChI is InChI=1S/C20H26N2S/c1-16-5-4-6-20(17(16)2)22-13-11-21(12-14-22)15-18-7-9-19(23-3)10-8-18/h4-10H,11-15H2,1-3H3/p+1. The van der Waals surface area contributed by atoms with Crippen LogP contribution in [0.2, 0.25) is 0 Å². The normalized spacial score (nSPS) is 15.9. The van der Waals surface area contributed by atoms with Crippen LogP contribution in [0.3, 0.4) is 0 Å². The van der Waals surface area contributed by atoms with E-state index >= 15 is 0 Å². The number of nitrogens with one attached hydrogen (secondary N) is 1. The molecule has 1 aliphatic rings. The van der Waals surface area contributed by atoms with Gasteiger partial charge in [-0.2, -0.15) is 0 Å². The van der Waals surface area contributed by atoms with Crippen LogP contribution in [0.4, 0.5) is 5.69 Å². The monoisotopic (exact) mass is 327 g/mol. The lowest BCUT2D eigenvalue weighted by Gasteiger charge is -2.34. The highest BCUT2D eigenvalue weighted by molar-refractivity contribution is 7.98. The zero-order chi connectivity index (χ0) is 16.2. The summed E-state index contributed by atoms with van der Waals surface area (Å²) in [6.07, 6.45) is 2.13. The molecule has 0 aliphatic carbocycles. The van der Waals surface area contributed by atoms with E-state index in [1.807, 2.05) is 11.8 Å². The number of quaternary nitrogens is 1. The Morgan fingerprint density at radius 2 is 1.70 bits per heavy atom. The molecule has 1 N–H and O–H groups in total. The molecule has 3 heteroatoms. The van der Waals surface area contributed by atoms with E-state index < -0.39 is 0 Å². The zero-order valence-corrected chi connectivity index (χ0v) is 15.2. The molecule has 23 heavy (non-hydrogen) atoms. The van der Waals surface area contributed by atoms with Crippen molar-refractivity contribution in [1.29, 1.82) is 0 Å². The molecule has 0 spiro atoms.